The van der Waals surface area contributed by atoms with E-state index in [2.05, 4.69) is 49.3 Å². The fourth-order valence-electron chi connectivity index (χ4n) is 6.01. The minimum Gasteiger partial charge on any atom is -0.493 e. The average molecular weight is 483 g/mol. The average Bonchev–Trinajstić information content (AvgIpc) is 3.37. The van der Waals surface area contributed by atoms with Crippen LogP contribution in [0.2, 0.25) is 0 Å². The van der Waals surface area contributed by atoms with E-state index in [1.54, 1.807) is 14.2 Å². The predicted octanol–water partition coefficient (Wildman–Crippen LogP) is 5.46. The highest BCUT2D eigenvalue weighted by molar-refractivity contribution is 5.70. The van der Waals surface area contributed by atoms with E-state index in [9.17, 15) is 4.79 Å². The Morgan fingerprint density at radius 3 is 2.43 bits per heavy atom. The van der Waals surface area contributed by atoms with Gasteiger partial charge in [-0.1, -0.05) is 13.8 Å². The highest BCUT2D eigenvalue weighted by Gasteiger charge is 2.40. The molecule has 2 aliphatic rings. The van der Waals surface area contributed by atoms with Gasteiger partial charge in [0.1, 0.15) is 0 Å². The van der Waals surface area contributed by atoms with E-state index in [-0.39, 0.29) is 11.5 Å². The third-order valence-electron chi connectivity index (χ3n) is 7.89. The van der Waals surface area contributed by atoms with Gasteiger partial charge in [0, 0.05) is 37.1 Å². The number of esters is 1. The number of rotatable bonds is 9. The monoisotopic (exact) mass is 482 g/mol. The molecule has 0 N–H and O–H groups in total. The second-order valence-electron chi connectivity index (χ2n) is 11.3. The van der Waals surface area contributed by atoms with Gasteiger partial charge in [-0.15, -0.1) is 0 Å². The maximum absolute atomic E-state index is 12.9. The number of nitrogens with zero attached hydrogens (tertiary/aromatic N) is 2. The van der Waals surface area contributed by atoms with E-state index in [0.717, 1.165) is 43.9 Å². The molecule has 0 amide bonds. The summed E-state index contributed by atoms with van der Waals surface area (Å²) in [6.45, 7) is 11.3. The second-order valence-corrected chi connectivity index (χ2v) is 11.3. The third-order valence-corrected chi connectivity index (χ3v) is 7.89. The molecule has 35 heavy (non-hydrogen) atoms. The molecule has 3 atom stereocenters. The van der Waals surface area contributed by atoms with E-state index in [1.807, 2.05) is 24.5 Å². The van der Waals surface area contributed by atoms with Crippen LogP contribution in [0.15, 0.2) is 36.7 Å². The molecule has 6 nitrogen and oxygen atoms in total. The van der Waals surface area contributed by atoms with E-state index < -0.39 is 0 Å². The highest BCUT2D eigenvalue weighted by Crippen LogP contribution is 2.45. The fourth-order valence-corrected chi connectivity index (χ4v) is 6.01. The van der Waals surface area contributed by atoms with Crippen molar-refractivity contribution < 1.29 is 19.0 Å². The summed E-state index contributed by atoms with van der Waals surface area (Å²) in [4.78, 5) is 15.5. The Hall–Kier alpha value is -2.47. The molecule has 2 aromatic rings. The largest absolute Gasteiger partial charge is 0.493 e. The lowest BCUT2D eigenvalue weighted by Gasteiger charge is -2.47. The minimum absolute atomic E-state index is 0.120. The molecule has 6 heteroatoms. The van der Waals surface area contributed by atoms with E-state index in [1.165, 1.54) is 11.1 Å². The topological polar surface area (TPSA) is 52.9 Å². The minimum atomic E-state index is -0.306. The zero-order chi connectivity index (χ0) is 25.2. The van der Waals surface area contributed by atoms with Gasteiger partial charge in [-0.25, -0.2) is 0 Å². The number of fused-ring (bicyclic) bond motifs is 3. The van der Waals surface area contributed by atoms with Crippen LogP contribution in [-0.4, -0.2) is 49.4 Å². The van der Waals surface area contributed by atoms with Crippen molar-refractivity contribution in [2.75, 3.05) is 33.9 Å². The SMILES string of the molecule is COc1cc2c(cc1OC)[C@H]1C[C@@H](COC(=O)CC(C)(C)n3cccc3)[C@H](CC(C)C)CN1CC2. The van der Waals surface area contributed by atoms with Crippen LogP contribution in [0.25, 0.3) is 0 Å². The van der Waals surface area contributed by atoms with Gasteiger partial charge >= 0.3 is 5.97 Å². The van der Waals surface area contributed by atoms with Gasteiger partial charge in [-0.3, -0.25) is 9.69 Å². The Morgan fingerprint density at radius 1 is 1.09 bits per heavy atom. The molecule has 192 valence electrons. The zero-order valence-corrected chi connectivity index (χ0v) is 22.3. The molecule has 1 aromatic heterocycles. The van der Waals surface area contributed by atoms with Crippen molar-refractivity contribution in [1.82, 2.24) is 9.47 Å². The van der Waals surface area contributed by atoms with Gasteiger partial charge in [0.05, 0.1) is 27.2 Å². The normalized spacial score (nSPS) is 22.4. The van der Waals surface area contributed by atoms with Gasteiger partial charge < -0.3 is 18.8 Å². The molecule has 0 aliphatic carbocycles. The zero-order valence-electron chi connectivity index (χ0n) is 22.3. The molecule has 1 fully saturated rings. The van der Waals surface area contributed by atoms with Crippen molar-refractivity contribution in [3.63, 3.8) is 0 Å². The molecular weight excluding hydrogens is 440 g/mol. The molecule has 3 heterocycles. The summed E-state index contributed by atoms with van der Waals surface area (Å²) in [5, 5.41) is 0. The molecule has 4 rings (SSSR count). The molecular formula is C29H42N2O4. The number of methoxy groups -OCH3 is 2. The van der Waals surface area contributed by atoms with Crippen LogP contribution >= 0.6 is 0 Å². The Bertz CT molecular complexity index is 998. The van der Waals surface area contributed by atoms with E-state index in [0.29, 0.717) is 36.8 Å². The molecule has 1 aromatic carbocycles. The van der Waals surface area contributed by atoms with Crippen LogP contribution in [0.1, 0.15) is 64.1 Å². The van der Waals surface area contributed by atoms with Crippen LogP contribution in [0, 0.1) is 17.8 Å². The number of hydrogen-bond donors (Lipinski definition) is 0. The Balaban J connectivity index is 1.49. The van der Waals surface area contributed by atoms with Crippen molar-refractivity contribution in [2.45, 2.75) is 65.0 Å². The number of ether oxygens (including phenoxy) is 3. The van der Waals surface area contributed by atoms with Gasteiger partial charge in [0.25, 0.3) is 0 Å². The van der Waals surface area contributed by atoms with Gasteiger partial charge in [0.15, 0.2) is 11.5 Å². The second kappa shape index (κ2) is 10.7. The van der Waals surface area contributed by atoms with Crippen LogP contribution in [0.5, 0.6) is 11.5 Å². The molecule has 0 bridgehead atoms. The first-order valence-corrected chi connectivity index (χ1v) is 13.0. The summed E-state index contributed by atoms with van der Waals surface area (Å²) in [6.07, 6.45) is 7.54. The maximum atomic E-state index is 12.9. The fraction of sp³-hybridized carbons (Fsp3) is 0.621. The van der Waals surface area contributed by atoms with Gasteiger partial charge in [0.2, 0.25) is 0 Å². The van der Waals surface area contributed by atoms with Crippen LogP contribution in [0.4, 0.5) is 0 Å². The number of aromatic nitrogens is 1. The van der Waals surface area contributed by atoms with Crippen LogP contribution in [-0.2, 0) is 21.5 Å². The first-order chi connectivity index (χ1) is 16.7. The lowest BCUT2D eigenvalue weighted by atomic mass is 9.74. The highest BCUT2D eigenvalue weighted by atomic mass is 16.5. The molecule has 0 spiro atoms. The van der Waals surface area contributed by atoms with Crippen molar-refractivity contribution in [3.05, 3.63) is 47.8 Å². The summed E-state index contributed by atoms with van der Waals surface area (Å²) < 4.78 is 19.2. The molecule has 0 unspecified atom stereocenters. The number of carbonyl (C=O) groups is 1. The Kier molecular flexibility index (Phi) is 7.80. The first-order valence-electron chi connectivity index (χ1n) is 13.0. The van der Waals surface area contributed by atoms with Crippen molar-refractivity contribution in [2.24, 2.45) is 17.8 Å². The smallest absolute Gasteiger partial charge is 0.308 e. The van der Waals surface area contributed by atoms with E-state index in [4.69, 9.17) is 14.2 Å². The quantitative estimate of drug-likeness (QED) is 0.445. The van der Waals surface area contributed by atoms with E-state index >= 15 is 0 Å². The van der Waals surface area contributed by atoms with Crippen molar-refractivity contribution >= 4 is 5.97 Å². The lowest BCUT2D eigenvalue weighted by molar-refractivity contribution is -0.149. The van der Waals surface area contributed by atoms with Crippen molar-refractivity contribution in [1.29, 1.82) is 0 Å². The third kappa shape index (κ3) is 5.69. The first kappa shape index (κ1) is 25.6. The summed E-state index contributed by atoms with van der Waals surface area (Å²) >= 11 is 0. The molecule has 0 saturated carbocycles. The van der Waals surface area contributed by atoms with Crippen LogP contribution < -0.4 is 9.47 Å². The van der Waals surface area contributed by atoms with Gasteiger partial charge in [-0.2, -0.15) is 0 Å². The summed E-state index contributed by atoms with van der Waals surface area (Å²) in [5.41, 5.74) is 2.37. The number of benzene rings is 1. The molecule has 1 saturated heterocycles. The van der Waals surface area contributed by atoms with Gasteiger partial charge in [-0.05, 0) is 86.3 Å². The number of piperidine rings is 1. The molecule has 2 aliphatic heterocycles. The van der Waals surface area contributed by atoms with Crippen LogP contribution in [0.3, 0.4) is 0 Å². The molecule has 0 radical (unpaired) electrons. The summed E-state index contributed by atoms with van der Waals surface area (Å²) in [6, 6.07) is 8.61. The Morgan fingerprint density at radius 2 is 1.77 bits per heavy atom. The maximum Gasteiger partial charge on any atom is 0.308 e. The standard InChI is InChI=1S/C29H42N2O4/c1-20(2)13-22-18-30-12-9-21-15-26(33-5)27(34-6)16-24(21)25(30)14-23(22)19-35-28(32)17-29(3,4)31-10-7-8-11-31/h7-8,10-11,15-16,20,22-23,25H,9,12-14,17-19H2,1-6H3/t22-,23+,25-/m1/s1. The lowest BCUT2D eigenvalue weighted by Crippen LogP contribution is -2.47. The Labute approximate surface area is 210 Å². The van der Waals surface area contributed by atoms with Crippen molar-refractivity contribution in [3.8, 4) is 11.5 Å². The predicted molar refractivity (Wildman–Crippen MR) is 138 cm³/mol. The summed E-state index contributed by atoms with van der Waals surface area (Å²) in [7, 11) is 3.39. The summed E-state index contributed by atoms with van der Waals surface area (Å²) in [5.74, 6) is 2.94. The number of hydrogen-bond acceptors (Lipinski definition) is 5. The number of carbonyl (C=O) groups excluding carboxylic acids is 1.